The number of benzene rings is 3. The van der Waals surface area contributed by atoms with Gasteiger partial charge >= 0.3 is 0 Å². The molecule has 0 aliphatic carbocycles. The average Bonchev–Trinajstić information content (AvgIpc) is 3.37. The molecule has 0 N–H and O–H groups in total. The number of aryl methyl sites for hydroxylation is 2. The number of imidazole rings is 1. The Balaban J connectivity index is 1.43. The predicted molar refractivity (Wildman–Crippen MR) is 143 cm³/mol. The Morgan fingerprint density at radius 3 is 2.43 bits per heavy atom. The highest BCUT2D eigenvalue weighted by atomic mass is 15.0. The maximum Gasteiger partial charge on any atom is 0.147 e. The Morgan fingerprint density at radius 2 is 1.51 bits per heavy atom. The van der Waals surface area contributed by atoms with E-state index >= 15 is 0 Å². The van der Waals surface area contributed by atoms with Crippen molar-refractivity contribution in [2.45, 2.75) is 12.7 Å². The molecular weight excluding hydrogens is 428 g/mol. The number of hydrogen-bond donors (Lipinski definition) is 0. The van der Waals surface area contributed by atoms with Crippen LogP contribution in [0.25, 0.3) is 49.7 Å². The lowest BCUT2D eigenvalue weighted by atomic mass is 9.99. The minimum absolute atomic E-state index is 0.235. The fourth-order valence-electron chi connectivity index (χ4n) is 4.68. The highest BCUT2D eigenvalue weighted by molar-refractivity contribution is 6.12. The van der Waals surface area contributed by atoms with E-state index in [2.05, 4.69) is 14.4 Å². The van der Waals surface area contributed by atoms with Crippen LogP contribution in [0.4, 0.5) is 0 Å². The molecule has 35 heavy (non-hydrogen) atoms. The second-order valence-electron chi connectivity index (χ2n) is 8.44. The monoisotopic (exact) mass is 454 g/mol. The summed E-state index contributed by atoms with van der Waals surface area (Å²) in [5.74, 6) is 0. The van der Waals surface area contributed by atoms with E-state index in [0.29, 0.717) is 11.2 Å². The number of hydrogen-bond acceptors (Lipinski definition) is 3. The number of rotatable bonds is 4. The van der Waals surface area contributed by atoms with Crippen LogP contribution >= 0.6 is 0 Å². The predicted octanol–water partition coefficient (Wildman–Crippen LogP) is 7.04. The molecule has 166 valence electrons. The molecule has 0 aliphatic rings. The van der Waals surface area contributed by atoms with Gasteiger partial charge in [-0.1, -0.05) is 42.5 Å². The van der Waals surface area contributed by atoms with E-state index in [9.17, 15) is 0 Å². The molecule has 0 spiro atoms. The zero-order chi connectivity index (χ0) is 26.8. The van der Waals surface area contributed by atoms with Gasteiger partial charge in [-0.3, -0.25) is 14.4 Å². The van der Waals surface area contributed by atoms with Gasteiger partial charge in [-0.15, -0.1) is 0 Å². The van der Waals surface area contributed by atoms with Gasteiger partial charge in [0, 0.05) is 34.2 Å². The molecule has 3 aromatic carbocycles. The normalized spacial score (nSPS) is 14.2. The molecule has 0 saturated heterocycles. The molecule has 0 saturated carbocycles. The Morgan fingerprint density at radius 1 is 0.657 bits per heavy atom. The first-order chi connectivity index (χ1) is 18.9. The minimum atomic E-state index is -2.35. The lowest BCUT2D eigenvalue weighted by Gasteiger charge is -2.11. The van der Waals surface area contributed by atoms with Gasteiger partial charge in [0.25, 0.3) is 0 Å². The van der Waals surface area contributed by atoms with Gasteiger partial charge in [0.15, 0.2) is 0 Å². The number of para-hydroxylation sites is 2. The van der Waals surface area contributed by atoms with Gasteiger partial charge in [0.2, 0.25) is 0 Å². The van der Waals surface area contributed by atoms with Crippen LogP contribution in [0.3, 0.4) is 0 Å². The quantitative estimate of drug-likeness (QED) is 0.268. The largest absolute Gasteiger partial charge is 0.292 e. The van der Waals surface area contributed by atoms with Crippen molar-refractivity contribution >= 4 is 38.5 Å². The Labute approximate surface area is 208 Å². The summed E-state index contributed by atoms with van der Waals surface area (Å²) < 4.78 is 38.2. The van der Waals surface area contributed by atoms with Crippen molar-refractivity contribution < 1.29 is 5.48 Å². The molecule has 4 heteroatoms. The second-order valence-corrected chi connectivity index (χ2v) is 8.44. The second kappa shape index (κ2) is 8.03. The minimum Gasteiger partial charge on any atom is -0.292 e. The van der Waals surface area contributed by atoms with E-state index in [-0.39, 0.29) is 11.1 Å². The van der Waals surface area contributed by atoms with Crippen molar-refractivity contribution in [2.24, 2.45) is 0 Å². The van der Waals surface area contributed by atoms with Gasteiger partial charge in [0.05, 0.1) is 27.8 Å². The highest BCUT2D eigenvalue weighted by Gasteiger charge is 2.14. The van der Waals surface area contributed by atoms with Crippen LogP contribution in [0.5, 0.6) is 0 Å². The smallest absolute Gasteiger partial charge is 0.147 e. The van der Waals surface area contributed by atoms with E-state index < -0.39 is 12.7 Å². The summed E-state index contributed by atoms with van der Waals surface area (Å²) in [6.45, 7) is 0. The number of pyridine rings is 3. The van der Waals surface area contributed by atoms with Crippen LogP contribution in [0.1, 0.15) is 16.6 Å². The first kappa shape index (κ1) is 16.1. The highest BCUT2D eigenvalue weighted by Crippen LogP contribution is 2.32. The van der Waals surface area contributed by atoms with Gasteiger partial charge in [-0.25, -0.2) is 4.98 Å². The van der Waals surface area contributed by atoms with Crippen LogP contribution in [0.15, 0.2) is 109 Å². The molecule has 0 fully saturated rings. The Bertz CT molecular complexity index is 2030. The first-order valence-electron chi connectivity index (χ1n) is 13.5. The third-order valence-corrected chi connectivity index (χ3v) is 6.28. The van der Waals surface area contributed by atoms with Crippen molar-refractivity contribution in [3.8, 4) is 11.3 Å². The zero-order valence-corrected chi connectivity index (χ0v) is 18.7. The van der Waals surface area contributed by atoms with Crippen molar-refractivity contribution in [3.63, 3.8) is 0 Å². The fourth-order valence-corrected chi connectivity index (χ4v) is 4.68. The lowest BCUT2D eigenvalue weighted by molar-refractivity contribution is 0.962. The first-order valence-corrected chi connectivity index (χ1v) is 11.5. The molecule has 4 aromatic heterocycles. The van der Waals surface area contributed by atoms with Gasteiger partial charge in [-0.05, 0) is 78.5 Å². The van der Waals surface area contributed by atoms with E-state index in [1.165, 1.54) is 0 Å². The number of aromatic nitrogens is 4. The Hall–Kier alpha value is -4.57. The number of fused-ring (bicyclic) bond motifs is 8. The van der Waals surface area contributed by atoms with Crippen LogP contribution in [-0.4, -0.2) is 19.4 Å². The molecule has 7 rings (SSSR count). The van der Waals surface area contributed by atoms with Gasteiger partial charge < -0.3 is 0 Å². The molecular formula is C31H22N4. The molecule has 0 unspecified atom stereocenters. The molecule has 7 aromatic rings. The van der Waals surface area contributed by atoms with Crippen LogP contribution < -0.4 is 0 Å². The van der Waals surface area contributed by atoms with E-state index in [4.69, 9.17) is 10.5 Å². The zero-order valence-electron chi connectivity index (χ0n) is 22.7. The SMILES string of the molecule is [2H]C([2H])(c1cccc(-c2ccccn2)c1)C([2H])([2H])c1ccc2c(c1)c1ncccc1c1nc3ccccc3n21. The molecule has 0 amide bonds. The van der Waals surface area contributed by atoms with Gasteiger partial charge in [0.1, 0.15) is 5.65 Å². The van der Waals surface area contributed by atoms with Crippen LogP contribution in [0, 0.1) is 0 Å². The third kappa shape index (κ3) is 3.34. The van der Waals surface area contributed by atoms with E-state index in [1.54, 1.807) is 42.7 Å². The van der Waals surface area contributed by atoms with Crippen molar-refractivity contribution in [2.75, 3.05) is 0 Å². The maximum atomic E-state index is 9.07. The molecule has 0 atom stereocenters. The van der Waals surface area contributed by atoms with Gasteiger partial charge in [-0.2, -0.15) is 0 Å². The molecule has 0 aliphatic heterocycles. The summed E-state index contributed by atoms with van der Waals surface area (Å²) in [5, 5.41) is 1.59. The molecule has 4 nitrogen and oxygen atoms in total. The fraction of sp³-hybridized carbons (Fsp3) is 0.0645. The third-order valence-electron chi connectivity index (χ3n) is 6.28. The average molecular weight is 455 g/mol. The molecule has 4 heterocycles. The van der Waals surface area contributed by atoms with E-state index in [1.807, 2.05) is 66.7 Å². The molecule has 0 bridgehead atoms. The number of nitrogens with zero attached hydrogens (tertiary/aromatic N) is 4. The Kier molecular flexibility index (Phi) is 3.70. The standard InChI is InChI=1S/C31H22N4/c1-2-12-29-27(11-1)34-31-24-9-6-18-33-30(24)25-20-22(15-16-28(25)35(29)31)14-13-21-7-5-8-23(19-21)26-10-3-4-17-32-26/h1-12,15-20H,13-14H2/i13D2,14D2. The van der Waals surface area contributed by atoms with E-state index in [0.717, 1.165) is 38.5 Å². The van der Waals surface area contributed by atoms with Crippen molar-refractivity contribution in [1.82, 2.24) is 19.4 Å². The topological polar surface area (TPSA) is 43.1 Å². The molecule has 0 radical (unpaired) electrons. The summed E-state index contributed by atoms with van der Waals surface area (Å²) in [7, 11) is 0. The van der Waals surface area contributed by atoms with Crippen molar-refractivity contribution in [1.29, 1.82) is 0 Å². The van der Waals surface area contributed by atoms with Crippen LogP contribution in [-0.2, 0) is 12.7 Å². The van der Waals surface area contributed by atoms with Crippen molar-refractivity contribution in [3.05, 3.63) is 121 Å². The maximum absolute atomic E-state index is 9.07. The summed E-state index contributed by atoms with van der Waals surface area (Å²) in [5.41, 5.74) is 6.04. The summed E-state index contributed by atoms with van der Waals surface area (Å²) in [4.78, 5) is 13.9. The summed E-state index contributed by atoms with van der Waals surface area (Å²) >= 11 is 0. The lowest BCUT2D eigenvalue weighted by Crippen LogP contribution is -1.96. The summed E-state index contributed by atoms with van der Waals surface area (Å²) in [6, 6.07) is 29.4. The van der Waals surface area contributed by atoms with Crippen LogP contribution in [0.2, 0.25) is 0 Å². The summed E-state index contributed by atoms with van der Waals surface area (Å²) in [6.07, 6.45) is -1.29.